The molecule has 0 heterocycles. The van der Waals surface area contributed by atoms with Gasteiger partial charge in [-0.2, -0.15) is 0 Å². The predicted molar refractivity (Wildman–Crippen MR) is 101 cm³/mol. The van der Waals surface area contributed by atoms with Crippen LogP contribution >= 0.6 is 0 Å². The van der Waals surface area contributed by atoms with Crippen molar-refractivity contribution in [1.82, 2.24) is 4.90 Å². The number of carbonyl (C=O) groups is 1. The molecule has 0 unspecified atom stereocenters. The van der Waals surface area contributed by atoms with Gasteiger partial charge in [-0.15, -0.1) is 0 Å². The molecule has 1 aromatic rings. The van der Waals surface area contributed by atoms with E-state index in [1.807, 2.05) is 12.1 Å². The highest BCUT2D eigenvalue weighted by molar-refractivity contribution is 5.69. The number of rotatable bonds is 10. The summed E-state index contributed by atoms with van der Waals surface area (Å²) >= 11 is 0. The number of nitrogens with zero attached hydrogens (tertiary/aromatic N) is 1. The van der Waals surface area contributed by atoms with E-state index in [9.17, 15) is 4.79 Å². The molecule has 0 radical (unpaired) electrons. The van der Waals surface area contributed by atoms with Crippen LogP contribution in [0.4, 0.5) is 4.79 Å². The molecule has 0 bridgehead atoms. The molecular formula is C20H34N2O2. The summed E-state index contributed by atoms with van der Waals surface area (Å²) in [6.45, 7) is 7.61. The molecule has 4 nitrogen and oxygen atoms in total. The Kier molecular flexibility index (Phi) is 8.26. The van der Waals surface area contributed by atoms with E-state index in [1.165, 1.54) is 31.2 Å². The van der Waals surface area contributed by atoms with Gasteiger partial charge in [0.1, 0.15) is 5.75 Å². The lowest BCUT2D eigenvalue weighted by Crippen LogP contribution is -2.33. The average Bonchev–Trinajstić information content (AvgIpc) is 2.46. The molecule has 1 amide bonds. The van der Waals surface area contributed by atoms with Crippen molar-refractivity contribution < 1.29 is 9.53 Å². The molecule has 0 atom stereocenters. The molecule has 0 aliphatic rings. The Morgan fingerprint density at radius 1 is 1.17 bits per heavy atom. The van der Waals surface area contributed by atoms with Crippen LogP contribution in [-0.4, -0.2) is 31.6 Å². The molecule has 0 fully saturated rings. The largest absolute Gasteiger partial charge is 0.410 e. The van der Waals surface area contributed by atoms with Gasteiger partial charge in [-0.05, 0) is 44.1 Å². The molecule has 4 heteroatoms. The van der Waals surface area contributed by atoms with Crippen molar-refractivity contribution in [1.29, 1.82) is 0 Å². The number of amides is 1. The minimum absolute atomic E-state index is 0.0285. The molecule has 0 aliphatic carbocycles. The van der Waals surface area contributed by atoms with E-state index in [1.54, 1.807) is 0 Å². The number of hydrogen-bond donors (Lipinski definition) is 1. The van der Waals surface area contributed by atoms with Crippen molar-refractivity contribution in [2.45, 2.75) is 64.7 Å². The van der Waals surface area contributed by atoms with Gasteiger partial charge in [-0.1, -0.05) is 58.6 Å². The second kappa shape index (κ2) is 9.67. The standard InChI is InChI=1S/C20H34N2O2/c1-6-7-8-9-10-12-16-17(20(2,3)15-22(4)5)13-11-14-18(16)24-19(21)23/h11,13-14H,6-10,12,15H2,1-5H3,(H2,21,23). The third kappa shape index (κ3) is 6.52. The second-order valence-corrected chi connectivity index (χ2v) is 7.49. The van der Waals surface area contributed by atoms with E-state index >= 15 is 0 Å². The normalized spacial score (nSPS) is 11.8. The van der Waals surface area contributed by atoms with E-state index in [-0.39, 0.29) is 5.41 Å². The van der Waals surface area contributed by atoms with Crippen molar-refractivity contribution in [2.75, 3.05) is 20.6 Å². The van der Waals surface area contributed by atoms with Crippen LogP contribution in [0.3, 0.4) is 0 Å². The second-order valence-electron chi connectivity index (χ2n) is 7.49. The number of unbranched alkanes of at least 4 members (excludes halogenated alkanes) is 4. The van der Waals surface area contributed by atoms with E-state index in [0.717, 1.165) is 24.9 Å². The Morgan fingerprint density at radius 2 is 1.83 bits per heavy atom. The third-order valence-electron chi connectivity index (χ3n) is 4.31. The van der Waals surface area contributed by atoms with E-state index in [2.05, 4.69) is 45.8 Å². The number of nitrogens with two attached hydrogens (primary N) is 1. The molecule has 1 rings (SSSR count). The maximum atomic E-state index is 11.3. The quantitative estimate of drug-likeness (QED) is 0.641. The fourth-order valence-corrected chi connectivity index (χ4v) is 3.44. The molecular weight excluding hydrogens is 300 g/mol. The van der Waals surface area contributed by atoms with Gasteiger partial charge >= 0.3 is 6.09 Å². The van der Waals surface area contributed by atoms with Crippen LogP contribution in [0.15, 0.2) is 18.2 Å². The van der Waals surface area contributed by atoms with Gasteiger partial charge in [-0.3, -0.25) is 0 Å². The summed E-state index contributed by atoms with van der Waals surface area (Å²) < 4.78 is 5.29. The van der Waals surface area contributed by atoms with Crippen LogP contribution in [-0.2, 0) is 11.8 Å². The fourth-order valence-electron chi connectivity index (χ4n) is 3.44. The summed E-state index contributed by atoms with van der Waals surface area (Å²) in [5.41, 5.74) is 7.60. The molecule has 0 spiro atoms. The van der Waals surface area contributed by atoms with Gasteiger partial charge in [0.15, 0.2) is 0 Å². The first-order chi connectivity index (χ1) is 11.3. The topological polar surface area (TPSA) is 55.6 Å². The summed E-state index contributed by atoms with van der Waals surface area (Å²) in [7, 11) is 4.16. The summed E-state index contributed by atoms with van der Waals surface area (Å²) in [6, 6.07) is 5.95. The number of likely N-dealkylation sites (N-methyl/N-ethyl adjacent to an activating group) is 1. The van der Waals surface area contributed by atoms with Gasteiger partial charge in [-0.25, -0.2) is 4.79 Å². The Bertz CT molecular complexity index is 524. The first kappa shape index (κ1) is 20.5. The van der Waals surface area contributed by atoms with Crippen LogP contribution in [0.5, 0.6) is 5.75 Å². The lowest BCUT2D eigenvalue weighted by atomic mass is 9.80. The smallest absolute Gasteiger partial charge is 0.409 e. The zero-order valence-corrected chi connectivity index (χ0v) is 16.0. The highest BCUT2D eigenvalue weighted by Gasteiger charge is 2.26. The van der Waals surface area contributed by atoms with E-state index < -0.39 is 6.09 Å². The number of benzene rings is 1. The Hall–Kier alpha value is -1.55. The number of primary amides is 1. The lowest BCUT2D eigenvalue weighted by molar-refractivity contribution is 0.210. The van der Waals surface area contributed by atoms with Crippen molar-refractivity contribution in [2.24, 2.45) is 5.73 Å². The Morgan fingerprint density at radius 3 is 2.42 bits per heavy atom. The van der Waals surface area contributed by atoms with Crippen LogP contribution in [0, 0.1) is 0 Å². The highest BCUT2D eigenvalue weighted by atomic mass is 16.5. The molecule has 136 valence electrons. The van der Waals surface area contributed by atoms with Crippen molar-refractivity contribution in [3.8, 4) is 5.75 Å². The predicted octanol–water partition coefficient (Wildman–Crippen LogP) is 4.50. The van der Waals surface area contributed by atoms with Gasteiger partial charge in [0.05, 0.1) is 0 Å². The fraction of sp³-hybridized carbons (Fsp3) is 0.650. The molecule has 2 N–H and O–H groups in total. The molecule has 24 heavy (non-hydrogen) atoms. The lowest BCUT2D eigenvalue weighted by Gasteiger charge is -2.31. The minimum atomic E-state index is -0.746. The maximum absolute atomic E-state index is 11.3. The number of carbonyl (C=O) groups excluding carboxylic acids is 1. The third-order valence-corrected chi connectivity index (χ3v) is 4.31. The zero-order chi connectivity index (χ0) is 18.2. The monoisotopic (exact) mass is 334 g/mol. The maximum Gasteiger partial charge on any atom is 0.409 e. The average molecular weight is 335 g/mol. The van der Waals surface area contributed by atoms with Gasteiger partial charge in [0, 0.05) is 12.0 Å². The van der Waals surface area contributed by atoms with Crippen molar-refractivity contribution in [3.05, 3.63) is 29.3 Å². The summed E-state index contributed by atoms with van der Waals surface area (Å²) in [5, 5.41) is 0. The molecule has 0 aromatic heterocycles. The Labute approximate surface area is 147 Å². The molecule has 0 saturated carbocycles. The minimum Gasteiger partial charge on any atom is -0.410 e. The van der Waals surface area contributed by atoms with Gasteiger partial charge in [0.2, 0.25) is 0 Å². The van der Waals surface area contributed by atoms with Crippen LogP contribution in [0.2, 0.25) is 0 Å². The highest BCUT2D eigenvalue weighted by Crippen LogP contribution is 2.34. The first-order valence-corrected chi connectivity index (χ1v) is 9.02. The van der Waals surface area contributed by atoms with Crippen LogP contribution in [0.1, 0.15) is 64.0 Å². The van der Waals surface area contributed by atoms with E-state index in [0.29, 0.717) is 5.75 Å². The molecule has 0 saturated heterocycles. The van der Waals surface area contributed by atoms with E-state index in [4.69, 9.17) is 10.5 Å². The van der Waals surface area contributed by atoms with Crippen LogP contribution in [0.25, 0.3) is 0 Å². The summed E-state index contributed by atoms with van der Waals surface area (Å²) in [6.07, 6.45) is 6.24. The zero-order valence-electron chi connectivity index (χ0n) is 16.0. The number of hydrogen-bond acceptors (Lipinski definition) is 3. The number of ether oxygens (including phenoxy) is 1. The first-order valence-electron chi connectivity index (χ1n) is 9.02. The van der Waals surface area contributed by atoms with Gasteiger partial charge < -0.3 is 15.4 Å². The van der Waals surface area contributed by atoms with Crippen molar-refractivity contribution in [3.63, 3.8) is 0 Å². The summed E-state index contributed by atoms with van der Waals surface area (Å²) in [5.74, 6) is 0.613. The SMILES string of the molecule is CCCCCCCc1c(OC(N)=O)cccc1C(C)(C)CN(C)C. The van der Waals surface area contributed by atoms with Crippen LogP contribution < -0.4 is 10.5 Å². The van der Waals surface area contributed by atoms with Crippen molar-refractivity contribution >= 4 is 6.09 Å². The van der Waals surface area contributed by atoms with Gasteiger partial charge in [0.25, 0.3) is 0 Å². The molecule has 0 aliphatic heterocycles. The Balaban J connectivity index is 3.05. The summed E-state index contributed by atoms with van der Waals surface area (Å²) in [4.78, 5) is 13.5. The molecule has 1 aromatic carbocycles.